The van der Waals surface area contributed by atoms with Crippen molar-refractivity contribution in [2.24, 2.45) is 0 Å². The van der Waals surface area contributed by atoms with Crippen LogP contribution in [0.5, 0.6) is 5.75 Å². The van der Waals surface area contributed by atoms with Crippen LogP contribution in [0.15, 0.2) is 18.2 Å². The van der Waals surface area contributed by atoms with E-state index in [0.29, 0.717) is 5.75 Å². The fraction of sp³-hybridized carbons (Fsp3) is 0.455. The Balaban J connectivity index is 2.99. The summed E-state index contributed by atoms with van der Waals surface area (Å²) in [6.07, 6.45) is 0. The van der Waals surface area contributed by atoms with E-state index in [1.165, 1.54) is 7.11 Å². The first kappa shape index (κ1) is 14.5. The zero-order chi connectivity index (χ0) is 13.1. The van der Waals surface area contributed by atoms with Gasteiger partial charge in [-0.05, 0) is 31.9 Å². The Morgan fingerprint density at radius 2 is 1.82 bits per heavy atom. The Hall–Kier alpha value is -0.540. The Morgan fingerprint density at radius 1 is 1.29 bits per heavy atom. The van der Waals surface area contributed by atoms with Crippen molar-refractivity contribution in [2.45, 2.75) is 26.3 Å². The molecule has 0 fully saturated rings. The van der Waals surface area contributed by atoms with Crippen molar-refractivity contribution in [3.63, 3.8) is 0 Å². The number of rotatable bonds is 5. The molecule has 17 heavy (non-hydrogen) atoms. The van der Waals surface area contributed by atoms with Gasteiger partial charge in [-0.2, -0.15) is 0 Å². The Bertz CT molecular complexity index is 413. The average Bonchev–Trinajstić information content (AvgIpc) is 2.23. The second-order valence-electron chi connectivity index (χ2n) is 3.59. The number of hydrogen-bond donors (Lipinski definition) is 0. The van der Waals surface area contributed by atoms with Gasteiger partial charge in [-0.15, -0.1) is 0 Å². The second-order valence-corrected chi connectivity index (χ2v) is 5.86. The summed E-state index contributed by atoms with van der Waals surface area (Å²) in [4.78, 5) is 0. The van der Waals surface area contributed by atoms with Crippen LogP contribution >= 0.6 is 19.4 Å². The van der Waals surface area contributed by atoms with Crippen molar-refractivity contribution in [1.82, 2.24) is 0 Å². The highest BCUT2D eigenvalue weighted by atomic mass is 35.5. The first-order valence-corrected chi connectivity index (χ1v) is 7.01. The van der Waals surface area contributed by atoms with Gasteiger partial charge in [0, 0.05) is 7.11 Å². The summed E-state index contributed by atoms with van der Waals surface area (Å²) in [5.41, 5.74) is 0.950. The minimum absolute atomic E-state index is 0.495. The van der Waals surface area contributed by atoms with E-state index in [9.17, 15) is 4.57 Å². The SMILES string of the molecule is COP(=O)(Oc1c(C)cccc1C)OC(C)Cl. The van der Waals surface area contributed by atoms with Gasteiger partial charge in [0.25, 0.3) is 0 Å². The van der Waals surface area contributed by atoms with Crippen LogP contribution in [0.4, 0.5) is 0 Å². The van der Waals surface area contributed by atoms with Crippen molar-refractivity contribution in [1.29, 1.82) is 0 Å². The summed E-state index contributed by atoms with van der Waals surface area (Å²) in [6.45, 7) is 5.25. The molecule has 0 aliphatic rings. The predicted molar refractivity (Wildman–Crippen MR) is 67.6 cm³/mol. The summed E-state index contributed by atoms with van der Waals surface area (Å²) in [7, 11) is -2.41. The molecule has 2 unspecified atom stereocenters. The normalized spacial score (nSPS) is 16.3. The molecule has 0 aliphatic carbocycles. The standard InChI is InChI=1S/C11H16ClO4P/c1-8-6-5-7-9(2)11(8)16-17(13,14-4)15-10(3)12/h5-7,10H,1-4H3. The van der Waals surface area contributed by atoms with Gasteiger partial charge < -0.3 is 4.52 Å². The van der Waals surface area contributed by atoms with Gasteiger partial charge >= 0.3 is 7.82 Å². The van der Waals surface area contributed by atoms with E-state index in [0.717, 1.165) is 11.1 Å². The topological polar surface area (TPSA) is 44.8 Å². The lowest BCUT2D eigenvalue weighted by Gasteiger charge is -2.20. The molecule has 4 nitrogen and oxygen atoms in total. The van der Waals surface area contributed by atoms with Crippen molar-refractivity contribution < 1.29 is 18.1 Å². The van der Waals surface area contributed by atoms with Crippen molar-refractivity contribution in [2.75, 3.05) is 7.11 Å². The number of phosphoric acid groups is 1. The smallest absolute Gasteiger partial charge is 0.403 e. The van der Waals surface area contributed by atoms with Crippen molar-refractivity contribution >= 4 is 19.4 Å². The number of phosphoric ester groups is 1. The maximum Gasteiger partial charge on any atom is 0.531 e. The lowest BCUT2D eigenvalue weighted by atomic mass is 10.1. The summed E-state index contributed by atoms with van der Waals surface area (Å²) >= 11 is 5.63. The number of hydrogen-bond acceptors (Lipinski definition) is 4. The third-order valence-corrected chi connectivity index (χ3v) is 3.75. The summed E-state index contributed by atoms with van der Waals surface area (Å²) in [6, 6.07) is 5.60. The number of para-hydroxylation sites is 1. The van der Waals surface area contributed by atoms with Gasteiger partial charge in [0.05, 0.1) is 0 Å². The van der Waals surface area contributed by atoms with Gasteiger partial charge in [0.15, 0.2) is 0 Å². The van der Waals surface area contributed by atoms with E-state index < -0.39 is 13.4 Å². The molecule has 0 saturated carbocycles. The molecule has 0 spiro atoms. The summed E-state index contributed by atoms with van der Waals surface area (Å²) in [5, 5.41) is 0. The van der Waals surface area contributed by atoms with Crippen LogP contribution in [0.25, 0.3) is 0 Å². The Labute approximate surface area is 106 Å². The van der Waals surface area contributed by atoms with Crippen LogP contribution in [-0.4, -0.2) is 12.7 Å². The molecule has 1 rings (SSSR count). The highest BCUT2D eigenvalue weighted by Gasteiger charge is 2.30. The molecular formula is C11H16ClO4P. The van der Waals surface area contributed by atoms with Gasteiger partial charge in [-0.1, -0.05) is 29.8 Å². The molecular weight excluding hydrogens is 263 g/mol. The molecule has 0 amide bonds. The predicted octanol–water partition coefficient (Wildman–Crippen LogP) is 4.04. The van der Waals surface area contributed by atoms with Crippen LogP contribution in [0, 0.1) is 13.8 Å². The lowest BCUT2D eigenvalue weighted by molar-refractivity contribution is 0.170. The summed E-state index contributed by atoms with van der Waals surface area (Å²) in [5.74, 6) is 0.495. The first-order chi connectivity index (χ1) is 7.88. The largest absolute Gasteiger partial charge is 0.531 e. The van der Waals surface area contributed by atoms with Gasteiger partial charge in [0.2, 0.25) is 0 Å². The minimum Gasteiger partial charge on any atom is -0.403 e. The van der Waals surface area contributed by atoms with Crippen LogP contribution in [-0.2, 0) is 13.6 Å². The van der Waals surface area contributed by atoms with E-state index in [1.54, 1.807) is 6.92 Å². The molecule has 0 radical (unpaired) electrons. The third-order valence-electron chi connectivity index (χ3n) is 2.11. The average molecular weight is 279 g/mol. The molecule has 2 atom stereocenters. The van der Waals surface area contributed by atoms with E-state index in [4.69, 9.17) is 25.2 Å². The van der Waals surface area contributed by atoms with Gasteiger partial charge in [0.1, 0.15) is 11.3 Å². The van der Waals surface area contributed by atoms with E-state index in [1.807, 2.05) is 32.0 Å². The monoisotopic (exact) mass is 278 g/mol. The van der Waals surface area contributed by atoms with Gasteiger partial charge in [-0.3, -0.25) is 9.05 Å². The maximum absolute atomic E-state index is 12.1. The number of alkyl halides is 1. The van der Waals surface area contributed by atoms with E-state index in [-0.39, 0.29) is 0 Å². The van der Waals surface area contributed by atoms with Crippen LogP contribution in [0.1, 0.15) is 18.1 Å². The zero-order valence-electron chi connectivity index (χ0n) is 10.3. The van der Waals surface area contributed by atoms with Crippen LogP contribution in [0.3, 0.4) is 0 Å². The lowest BCUT2D eigenvalue weighted by Crippen LogP contribution is -2.06. The third kappa shape index (κ3) is 4.00. The Morgan fingerprint density at radius 3 is 2.24 bits per heavy atom. The number of halogens is 1. The zero-order valence-corrected chi connectivity index (χ0v) is 11.9. The molecule has 6 heteroatoms. The van der Waals surface area contributed by atoms with E-state index in [2.05, 4.69) is 0 Å². The highest BCUT2D eigenvalue weighted by molar-refractivity contribution is 7.49. The van der Waals surface area contributed by atoms with Crippen LogP contribution in [0.2, 0.25) is 0 Å². The molecule has 1 aromatic rings. The fourth-order valence-electron chi connectivity index (χ4n) is 1.33. The minimum atomic E-state index is -3.66. The van der Waals surface area contributed by atoms with Crippen molar-refractivity contribution in [3.8, 4) is 5.75 Å². The van der Waals surface area contributed by atoms with Gasteiger partial charge in [-0.25, -0.2) is 4.57 Å². The first-order valence-electron chi connectivity index (χ1n) is 5.12. The van der Waals surface area contributed by atoms with Crippen molar-refractivity contribution in [3.05, 3.63) is 29.3 Å². The molecule has 1 aromatic carbocycles. The molecule has 96 valence electrons. The highest BCUT2D eigenvalue weighted by Crippen LogP contribution is 2.51. The molecule has 0 aromatic heterocycles. The second kappa shape index (κ2) is 5.87. The molecule has 0 N–H and O–H groups in total. The molecule has 0 saturated heterocycles. The number of aryl methyl sites for hydroxylation is 2. The molecule has 0 aliphatic heterocycles. The maximum atomic E-state index is 12.1. The fourth-order valence-corrected chi connectivity index (χ4v) is 2.70. The number of benzene rings is 1. The van der Waals surface area contributed by atoms with Crippen LogP contribution < -0.4 is 4.52 Å². The molecule has 0 bridgehead atoms. The summed E-state index contributed by atoms with van der Waals surface area (Å²) < 4.78 is 27.2. The van der Waals surface area contributed by atoms with E-state index >= 15 is 0 Å². The molecule has 0 heterocycles. The quantitative estimate of drug-likeness (QED) is 0.602. The Kier molecular flexibility index (Phi) is 5.02.